The van der Waals surface area contributed by atoms with Crippen molar-refractivity contribution in [2.45, 2.75) is 25.5 Å². The fourth-order valence-electron chi connectivity index (χ4n) is 2.00. The standard InChI is InChI=1S/C13H21N3O3/c1-15(2)6-7-16-11(10(19-3)8-14-16)13(18)12(17)9-4-5-9/h8-9,12,17H,4-7H2,1-3H3. The molecule has 0 amide bonds. The van der Waals surface area contributed by atoms with E-state index in [1.165, 1.54) is 13.3 Å². The first-order valence-electron chi connectivity index (χ1n) is 6.51. The van der Waals surface area contributed by atoms with Gasteiger partial charge in [0.05, 0.1) is 19.9 Å². The number of Topliss-reactive ketones (excluding diaryl/α,β-unsaturated/α-hetero) is 1. The second-order valence-corrected chi connectivity index (χ2v) is 5.23. The van der Waals surface area contributed by atoms with Crippen LogP contribution >= 0.6 is 0 Å². The first-order chi connectivity index (χ1) is 9.04. The van der Waals surface area contributed by atoms with Gasteiger partial charge >= 0.3 is 0 Å². The van der Waals surface area contributed by atoms with Crippen LogP contribution in [0.15, 0.2) is 6.20 Å². The van der Waals surface area contributed by atoms with Crippen molar-refractivity contribution in [3.8, 4) is 5.75 Å². The number of hydrogen-bond acceptors (Lipinski definition) is 5. The maximum Gasteiger partial charge on any atom is 0.213 e. The van der Waals surface area contributed by atoms with Crippen LogP contribution in [0.3, 0.4) is 0 Å². The number of ketones is 1. The van der Waals surface area contributed by atoms with Crippen LogP contribution < -0.4 is 4.74 Å². The number of carbonyl (C=O) groups is 1. The van der Waals surface area contributed by atoms with E-state index in [2.05, 4.69) is 5.10 Å². The fourth-order valence-corrected chi connectivity index (χ4v) is 2.00. The summed E-state index contributed by atoms with van der Waals surface area (Å²) < 4.78 is 6.79. The second-order valence-electron chi connectivity index (χ2n) is 5.23. The third-order valence-electron chi connectivity index (χ3n) is 3.36. The SMILES string of the molecule is COc1cnn(CCN(C)C)c1C(=O)C(O)C1CC1. The van der Waals surface area contributed by atoms with Gasteiger partial charge in [0.2, 0.25) is 5.78 Å². The Bertz CT molecular complexity index is 452. The molecule has 0 aromatic carbocycles. The molecule has 19 heavy (non-hydrogen) atoms. The summed E-state index contributed by atoms with van der Waals surface area (Å²) in [4.78, 5) is 14.3. The number of carbonyl (C=O) groups excluding carboxylic acids is 1. The van der Waals surface area contributed by atoms with E-state index in [4.69, 9.17) is 4.74 Å². The van der Waals surface area contributed by atoms with Crippen LogP contribution in [0.25, 0.3) is 0 Å². The Labute approximate surface area is 113 Å². The minimum Gasteiger partial charge on any atom is -0.493 e. The fraction of sp³-hybridized carbons (Fsp3) is 0.692. The number of methoxy groups -OCH3 is 1. The van der Waals surface area contributed by atoms with E-state index in [9.17, 15) is 9.90 Å². The van der Waals surface area contributed by atoms with Gasteiger partial charge in [-0.05, 0) is 32.9 Å². The van der Waals surface area contributed by atoms with Crippen LogP contribution in [0, 0.1) is 5.92 Å². The van der Waals surface area contributed by atoms with Gasteiger partial charge in [0.1, 0.15) is 11.8 Å². The third-order valence-corrected chi connectivity index (χ3v) is 3.36. The number of hydrogen-bond donors (Lipinski definition) is 1. The number of ether oxygens (including phenoxy) is 1. The van der Waals surface area contributed by atoms with E-state index in [0.717, 1.165) is 19.4 Å². The quantitative estimate of drug-likeness (QED) is 0.725. The normalized spacial score (nSPS) is 16.7. The Hall–Kier alpha value is -1.40. The lowest BCUT2D eigenvalue weighted by atomic mass is 10.1. The summed E-state index contributed by atoms with van der Waals surface area (Å²) in [5.41, 5.74) is 0.378. The molecule has 6 heteroatoms. The zero-order chi connectivity index (χ0) is 14.0. The molecule has 1 fully saturated rings. The molecular formula is C13H21N3O3. The van der Waals surface area contributed by atoms with Crippen molar-refractivity contribution >= 4 is 5.78 Å². The molecule has 1 aromatic heterocycles. The van der Waals surface area contributed by atoms with Gasteiger partial charge in [-0.2, -0.15) is 5.10 Å². The van der Waals surface area contributed by atoms with Crippen molar-refractivity contribution < 1.29 is 14.6 Å². The van der Waals surface area contributed by atoms with Gasteiger partial charge in [-0.15, -0.1) is 0 Å². The number of aliphatic hydroxyl groups is 1. The molecule has 1 aromatic rings. The molecule has 0 saturated heterocycles. The predicted molar refractivity (Wildman–Crippen MR) is 70.4 cm³/mol. The molecular weight excluding hydrogens is 246 g/mol. The molecule has 1 N–H and O–H groups in total. The summed E-state index contributed by atoms with van der Waals surface area (Å²) in [7, 11) is 5.43. The zero-order valence-corrected chi connectivity index (χ0v) is 11.7. The van der Waals surface area contributed by atoms with Gasteiger partial charge in [0.25, 0.3) is 0 Å². The van der Waals surface area contributed by atoms with Crippen LogP contribution in [-0.4, -0.2) is 59.4 Å². The molecule has 1 atom stereocenters. The van der Waals surface area contributed by atoms with Gasteiger partial charge in [0.15, 0.2) is 5.75 Å². The van der Waals surface area contributed by atoms with Crippen LogP contribution in [0.1, 0.15) is 23.3 Å². The van der Waals surface area contributed by atoms with E-state index in [1.54, 1.807) is 4.68 Å². The summed E-state index contributed by atoms with van der Waals surface area (Å²) in [6, 6.07) is 0. The van der Waals surface area contributed by atoms with E-state index in [1.807, 2.05) is 19.0 Å². The minimum absolute atomic E-state index is 0.106. The molecule has 0 radical (unpaired) electrons. The highest BCUT2D eigenvalue weighted by Gasteiger charge is 2.37. The van der Waals surface area contributed by atoms with Crippen molar-refractivity contribution in [2.75, 3.05) is 27.7 Å². The summed E-state index contributed by atoms with van der Waals surface area (Å²) in [6.07, 6.45) is 2.44. The Morgan fingerprint density at radius 3 is 2.84 bits per heavy atom. The number of aromatic nitrogens is 2. The minimum atomic E-state index is -0.927. The highest BCUT2D eigenvalue weighted by molar-refractivity contribution is 6.00. The monoisotopic (exact) mass is 267 g/mol. The zero-order valence-electron chi connectivity index (χ0n) is 11.7. The summed E-state index contributed by atoms with van der Waals surface area (Å²) in [6.45, 7) is 1.36. The highest BCUT2D eigenvalue weighted by atomic mass is 16.5. The molecule has 0 aliphatic heterocycles. The third kappa shape index (κ3) is 3.13. The second kappa shape index (κ2) is 5.71. The van der Waals surface area contributed by atoms with E-state index in [-0.39, 0.29) is 11.7 Å². The van der Waals surface area contributed by atoms with Gasteiger partial charge < -0.3 is 14.7 Å². The van der Waals surface area contributed by atoms with E-state index in [0.29, 0.717) is 18.0 Å². The van der Waals surface area contributed by atoms with Gasteiger partial charge in [-0.25, -0.2) is 0 Å². The van der Waals surface area contributed by atoms with Crippen molar-refractivity contribution in [2.24, 2.45) is 5.92 Å². The van der Waals surface area contributed by atoms with Gasteiger partial charge in [0, 0.05) is 6.54 Å². The molecule has 2 rings (SSSR count). The van der Waals surface area contributed by atoms with Gasteiger partial charge in [-0.1, -0.05) is 0 Å². The summed E-state index contributed by atoms with van der Waals surface area (Å²) >= 11 is 0. The largest absolute Gasteiger partial charge is 0.493 e. The van der Waals surface area contributed by atoms with Crippen molar-refractivity contribution in [3.05, 3.63) is 11.9 Å². The molecule has 1 aliphatic rings. The maximum atomic E-state index is 12.3. The Morgan fingerprint density at radius 1 is 1.63 bits per heavy atom. The van der Waals surface area contributed by atoms with E-state index < -0.39 is 6.10 Å². The van der Waals surface area contributed by atoms with Crippen molar-refractivity contribution in [1.29, 1.82) is 0 Å². The Morgan fingerprint density at radius 2 is 2.32 bits per heavy atom. The molecule has 1 aliphatic carbocycles. The summed E-state index contributed by atoms with van der Waals surface area (Å²) in [5, 5.41) is 14.2. The van der Waals surface area contributed by atoms with Crippen LogP contribution in [0.4, 0.5) is 0 Å². The molecule has 0 spiro atoms. The van der Waals surface area contributed by atoms with Gasteiger partial charge in [-0.3, -0.25) is 9.48 Å². The molecule has 6 nitrogen and oxygen atoms in total. The van der Waals surface area contributed by atoms with Crippen LogP contribution in [-0.2, 0) is 6.54 Å². The molecule has 1 heterocycles. The topological polar surface area (TPSA) is 67.6 Å². The number of nitrogens with zero attached hydrogens (tertiary/aromatic N) is 3. The lowest BCUT2D eigenvalue weighted by Gasteiger charge is -2.14. The molecule has 106 valence electrons. The van der Waals surface area contributed by atoms with Crippen LogP contribution in [0.2, 0.25) is 0 Å². The first-order valence-corrected chi connectivity index (χ1v) is 6.51. The Kier molecular flexibility index (Phi) is 4.21. The number of aliphatic hydroxyl groups excluding tert-OH is 1. The molecule has 1 saturated carbocycles. The highest BCUT2D eigenvalue weighted by Crippen LogP contribution is 2.35. The van der Waals surface area contributed by atoms with Crippen LogP contribution in [0.5, 0.6) is 5.75 Å². The average molecular weight is 267 g/mol. The first kappa shape index (κ1) is 14.0. The molecule has 1 unspecified atom stereocenters. The number of rotatable bonds is 7. The maximum absolute atomic E-state index is 12.3. The van der Waals surface area contributed by atoms with Crippen molar-refractivity contribution in [3.63, 3.8) is 0 Å². The lowest BCUT2D eigenvalue weighted by molar-refractivity contribution is 0.0688. The number of likely N-dealkylation sites (N-methyl/N-ethyl adjacent to an activating group) is 1. The molecule has 0 bridgehead atoms. The van der Waals surface area contributed by atoms with Crippen molar-refractivity contribution in [1.82, 2.24) is 14.7 Å². The Balaban J connectivity index is 2.19. The summed E-state index contributed by atoms with van der Waals surface area (Å²) in [5.74, 6) is 0.258. The van der Waals surface area contributed by atoms with E-state index >= 15 is 0 Å². The lowest BCUT2D eigenvalue weighted by Crippen LogP contribution is -2.28. The smallest absolute Gasteiger partial charge is 0.213 e. The predicted octanol–water partition coefficient (Wildman–Crippen LogP) is 0.407. The average Bonchev–Trinajstić information content (AvgIpc) is 3.14.